The number of rotatable bonds is 3. The monoisotopic (exact) mass is 967 g/mol. The molecule has 2 aliphatic heterocycles. The Kier molecular flexibility index (Phi) is 8.29. The van der Waals surface area contributed by atoms with Crippen LogP contribution in [-0.4, -0.2) is 20.4 Å². The number of para-hydroxylation sites is 3. The van der Waals surface area contributed by atoms with Crippen LogP contribution in [0.1, 0.15) is 16.7 Å². The molecule has 0 fully saturated rings. The first-order valence-electron chi connectivity index (χ1n) is 24.0. The lowest BCUT2D eigenvalue weighted by molar-refractivity contribution is 1.14. The Morgan fingerprint density at radius 3 is 1.60 bits per heavy atom. The number of aromatic nitrogens is 3. The van der Waals surface area contributed by atoms with Gasteiger partial charge in [-0.25, -0.2) is 0 Å². The van der Waals surface area contributed by atoms with Gasteiger partial charge in [0.25, 0.3) is 0 Å². The molecule has 0 saturated heterocycles. The van der Waals surface area contributed by atoms with E-state index in [0.29, 0.717) is 11.1 Å². The maximum atomic E-state index is 10.1. The molecule has 4 aromatic heterocycles. The second kappa shape index (κ2) is 14.8. The van der Waals surface area contributed by atoms with E-state index in [1.807, 2.05) is 59.1 Å². The maximum absolute atomic E-state index is 10.1. The summed E-state index contributed by atoms with van der Waals surface area (Å²) in [7, 11) is 0. The third-order valence-corrected chi connectivity index (χ3v) is 18.7. The number of benzene rings is 10. The van der Waals surface area contributed by atoms with Gasteiger partial charge in [-0.15, -0.1) is 11.3 Å². The van der Waals surface area contributed by atoms with Crippen LogP contribution in [0.25, 0.3) is 103 Å². The van der Waals surface area contributed by atoms with Crippen LogP contribution in [-0.2, 0) is 0 Å². The van der Waals surface area contributed by atoms with Gasteiger partial charge in [0.05, 0.1) is 62.1 Å². The number of hydrogen-bond acceptors (Lipinski definition) is 5. The zero-order valence-electron chi connectivity index (χ0n) is 38.4. The van der Waals surface area contributed by atoms with Crippen molar-refractivity contribution in [3.8, 4) is 29.2 Å². The number of fused-ring (bicyclic) bond motifs is 17. The van der Waals surface area contributed by atoms with Crippen molar-refractivity contribution in [1.82, 2.24) is 13.7 Å². The minimum atomic E-state index is -0.0383. The highest BCUT2D eigenvalue weighted by Crippen LogP contribution is 2.48. The van der Waals surface area contributed by atoms with Crippen molar-refractivity contribution in [3.05, 3.63) is 205 Å². The molecule has 6 heterocycles. The maximum Gasteiger partial charge on any atom is 0.248 e. The summed E-state index contributed by atoms with van der Waals surface area (Å²) in [5.74, 6) is 0. The molecule has 0 spiro atoms. The van der Waals surface area contributed by atoms with Crippen molar-refractivity contribution in [2.75, 3.05) is 0 Å². The molecule has 0 unspecified atom stereocenters. The fourth-order valence-corrected chi connectivity index (χ4v) is 16.2. The van der Waals surface area contributed by atoms with E-state index in [9.17, 15) is 10.5 Å². The fraction of sp³-hybridized carbons (Fsp3) is 0.0159. The summed E-state index contributed by atoms with van der Waals surface area (Å²) >= 11 is 5.70. The summed E-state index contributed by atoms with van der Waals surface area (Å²) in [4.78, 5) is 5.02. The highest BCUT2D eigenvalue weighted by Gasteiger charge is 2.41. The van der Waals surface area contributed by atoms with E-state index < -0.39 is 0 Å². The predicted octanol–water partition coefficient (Wildman–Crippen LogP) is 14.8. The molecule has 2 aliphatic rings. The lowest BCUT2D eigenvalue weighted by Gasteiger charge is -2.34. The standard InChI is InChI=1S/C63H34BN5S3/c1-35-18-23-51-44(26-35)46-28-37(34-66)19-24-52(46)67(51)38-21-22-47-56(29-38)70-57-30-39(68-48-14-6-2-10-40(48)41-11-3-7-15-49(41)68)31-58-61(57)64(47)62-59(71-58)32-54(60-43-13-5-9-17-55(43)72-63(60)62)69-50-16-8-4-12-42(50)45-27-36(33-65)20-25-53(45)69/h2-32H,1H3. The predicted molar refractivity (Wildman–Crippen MR) is 302 cm³/mol. The zero-order chi connectivity index (χ0) is 47.5. The van der Waals surface area contributed by atoms with Crippen molar-refractivity contribution < 1.29 is 0 Å². The first-order valence-corrected chi connectivity index (χ1v) is 26.5. The van der Waals surface area contributed by atoms with E-state index in [-0.39, 0.29) is 6.71 Å². The topological polar surface area (TPSA) is 62.4 Å². The Morgan fingerprint density at radius 1 is 0.417 bits per heavy atom. The highest BCUT2D eigenvalue weighted by molar-refractivity contribution is 8.01. The number of nitrogens with zero attached hydrogens (tertiary/aromatic N) is 5. The largest absolute Gasteiger partial charge is 0.309 e. The molecule has 0 bridgehead atoms. The zero-order valence-corrected chi connectivity index (χ0v) is 40.9. The summed E-state index contributed by atoms with van der Waals surface area (Å²) in [6.45, 7) is 2.10. The number of hydrogen-bond donors (Lipinski definition) is 0. The molecule has 5 nitrogen and oxygen atoms in total. The van der Waals surface area contributed by atoms with Gasteiger partial charge in [-0.1, -0.05) is 119 Å². The molecule has 10 aromatic carbocycles. The number of thiophene rings is 1. The van der Waals surface area contributed by atoms with Gasteiger partial charge >= 0.3 is 0 Å². The van der Waals surface area contributed by atoms with Crippen LogP contribution in [0.3, 0.4) is 0 Å². The van der Waals surface area contributed by atoms with E-state index >= 15 is 0 Å². The second-order valence-corrected chi connectivity index (χ2v) is 22.3. The average Bonchev–Trinajstić information content (AvgIpc) is 4.16. The average molecular weight is 968 g/mol. The molecule has 9 heteroatoms. The van der Waals surface area contributed by atoms with Gasteiger partial charge in [0, 0.05) is 83.4 Å². The minimum Gasteiger partial charge on any atom is -0.309 e. The van der Waals surface area contributed by atoms with E-state index in [2.05, 4.69) is 197 Å². The second-order valence-electron chi connectivity index (χ2n) is 19.1. The van der Waals surface area contributed by atoms with Crippen molar-refractivity contribution in [3.63, 3.8) is 0 Å². The van der Waals surface area contributed by atoms with Crippen molar-refractivity contribution in [2.45, 2.75) is 26.5 Å². The Morgan fingerprint density at radius 2 is 0.917 bits per heavy atom. The molecular weight excluding hydrogens is 934 g/mol. The lowest BCUT2D eigenvalue weighted by atomic mass is 9.36. The summed E-state index contributed by atoms with van der Waals surface area (Å²) < 4.78 is 9.86. The molecule has 332 valence electrons. The van der Waals surface area contributed by atoms with E-state index in [1.165, 1.54) is 83.5 Å². The third-order valence-electron chi connectivity index (χ3n) is 15.2. The lowest BCUT2D eigenvalue weighted by Crippen LogP contribution is -2.58. The van der Waals surface area contributed by atoms with Gasteiger partial charge in [0.2, 0.25) is 6.71 Å². The first kappa shape index (κ1) is 40.3. The third kappa shape index (κ3) is 5.45. The van der Waals surface area contributed by atoms with Crippen molar-refractivity contribution in [2.24, 2.45) is 0 Å². The molecular formula is C63H34BN5S3. The first-order chi connectivity index (χ1) is 35.5. The summed E-state index contributed by atoms with van der Waals surface area (Å²) in [5, 5.41) is 29.5. The minimum absolute atomic E-state index is 0.0383. The Labute approximate surface area is 425 Å². The molecule has 0 saturated carbocycles. The quantitative estimate of drug-likeness (QED) is 0.166. The highest BCUT2D eigenvalue weighted by atomic mass is 32.2. The summed E-state index contributed by atoms with van der Waals surface area (Å²) in [6.07, 6.45) is 0. The Bertz CT molecular complexity index is 4830. The van der Waals surface area contributed by atoms with Crippen LogP contribution in [0.15, 0.2) is 208 Å². The molecule has 0 radical (unpaired) electrons. The number of nitriles is 2. The van der Waals surface area contributed by atoms with E-state index in [1.54, 1.807) is 0 Å². The van der Waals surface area contributed by atoms with Crippen LogP contribution in [0, 0.1) is 29.6 Å². The van der Waals surface area contributed by atoms with Crippen molar-refractivity contribution >= 4 is 144 Å². The Hall–Kier alpha value is -8.44. The van der Waals surface area contributed by atoms with Gasteiger partial charge in [-0.2, -0.15) is 10.5 Å². The van der Waals surface area contributed by atoms with Crippen LogP contribution >= 0.6 is 34.9 Å². The fourth-order valence-electron chi connectivity index (χ4n) is 12.2. The van der Waals surface area contributed by atoms with Gasteiger partial charge in [-0.3, -0.25) is 0 Å². The molecule has 0 atom stereocenters. The van der Waals surface area contributed by atoms with Crippen LogP contribution in [0.4, 0.5) is 0 Å². The van der Waals surface area contributed by atoms with Crippen LogP contribution in [0.2, 0.25) is 0 Å². The van der Waals surface area contributed by atoms with Gasteiger partial charge in [0.15, 0.2) is 0 Å². The van der Waals surface area contributed by atoms with Crippen LogP contribution < -0.4 is 16.4 Å². The van der Waals surface area contributed by atoms with Crippen LogP contribution in [0.5, 0.6) is 0 Å². The summed E-state index contributed by atoms with van der Waals surface area (Å²) in [6, 6.07) is 73.3. The van der Waals surface area contributed by atoms with Gasteiger partial charge < -0.3 is 13.7 Å². The Balaban J connectivity index is 1.00. The molecule has 0 N–H and O–H groups in total. The molecule has 72 heavy (non-hydrogen) atoms. The number of aryl methyl sites for hydroxylation is 1. The van der Waals surface area contributed by atoms with E-state index in [4.69, 9.17) is 0 Å². The molecule has 14 aromatic rings. The van der Waals surface area contributed by atoms with Gasteiger partial charge in [-0.05, 0) is 121 Å². The summed E-state index contributed by atoms with van der Waals surface area (Å²) in [5.41, 5.74) is 16.7. The molecule has 16 rings (SSSR count). The molecule has 0 aliphatic carbocycles. The van der Waals surface area contributed by atoms with Gasteiger partial charge in [0.1, 0.15) is 0 Å². The molecule has 0 amide bonds. The van der Waals surface area contributed by atoms with Crippen molar-refractivity contribution in [1.29, 1.82) is 10.5 Å². The SMILES string of the molecule is Cc1ccc2c(c1)c1cc(C#N)ccc1n2-c1ccc2c(c1)Sc1cc(-n3c4ccccc4c4ccccc43)cc3c1B2c1c(cc(-n2c4ccccc4c4cc(C#N)ccc42)c2c1sc1ccccc12)S3. The van der Waals surface area contributed by atoms with E-state index in [0.717, 1.165) is 60.7 Å². The normalized spacial score (nSPS) is 12.9. The smallest absolute Gasteiger partial charge is 0.248 e.